The predicted octanol–water partition coefficient (Wildman–Crippen LogP) is 1.31. The first kappa shape index (κ1) is 11.0. The van der Waals surface area contributed by atoms with Crippen LogP contribution in [0, 0.1) is 0 Å². The molecule has 0 aliphatic carbocycles. The van der Waals surface area contributed by atoms with Crippen LogP contribution in [-0.2, 0) is 0 Å². The van der Waals surface area contributed by atoms with Crippen LogP contribution in [0.1, 0.15) is 13.8 Å². The summed E-state index contributed by atoms with van der Waals surface area (Å²) in [5, 5.41) is 0. The van der Waals surface area contributed by atoms with Gasteiger partial charge in [-0.15, -0.1) is 0 Å². The predicted molar refractivity (Wildman–Crippen MR) is 57.9 cm³/mol. The third-order valence-electron chi connectivity index (χ3n) is 1.27. The molecule has 6 heteroatoms. The summed E-state index contributed by atoms with van der Waals surface area (Å²) >= 11 is 9.10. The van der Waals surface area contributed by atoms with Crippen LogP contribution >= 0.6 is 6.66 Å². The fraction of sp³-hybridized carbons (Fsp3) is 1.00. The molecule has 1 aliphatic heterocycles. The van der Waals surface area contributed by atoms with Gasteiger partial charge in [-0.25, -0.2) is 0 Å². The molecule has 0 nitrogen and oxygen atoms in total. The zero-order valence-electron chi connectivity index (χ0n) is 5.94. The van der Waals surface area contributed by atoms with E-state index in [1.807, 2.05) is 0 Å². The molecule has 0 bridgehead atoms. The van der Waals surface area contributed by atoms with E-state index < -0.39 is 0 Å². The van der Waals surface area contributed by atoms with E-state index in [0.29, 0.717) is 0 Å². The summed E-state index contributed by atoms with van der Waals surface area (Å²) in [7, 11) is 0. The van der Waals surface area contributed by atoms with E-state index in [1.165, 1.54) is 12.3 Å². The van der Waals surface area contributed by atoms with Gasteiger partial charge in [0.2, 0.25) is 0 Å². The first-order valence-corrected chi connectivity index (χ1v) is 20.4. The molecule has 1 rings (SSSR count). The molecule has 0 spiro atoms. The van der Waals surface area contributed by atoms with Crippen molar-refractivity contribution in [3.63, 3.8) is 0 Å². The van der Waals surface area contributed by atoms with Crippen molar-refractivity contribution in [2.24, 2.45) is 0 Å². The summed E-state index contributed by atoms with van der Waals surface area (Å²) in [6.07, 6.45) is 2.97. The Morgan fingerprint density at radius 2 is 1.30 bits per heavy atom. The van der Waals surface area contributed by atoms with E-state index in [1.54, 1.807) is 0 Å². The van der Waals surface area contributed by atoms with Crippen LogP contribution in [0.4, 0.5) is 0 Å². The maximum absolute atomic E-state index is 3.50. The van der Waals surface area contributed by atoms with E-state index >= 15 is 0 Å². The number of hydrogen-bond donors (Lipinski definition) is 0. The minimum absolute atomic E-state index is 0.344. The van der Waals surface area contributed by atoms with Gasteiger partial charge in [0.05, 0.1) is 0 Å². The summed E-state index contributed by atoms with van der Waals surface area (Å²) in [5.41, 5.74) is 0. The quantitative estimate of drug-likeness (QED) is 0.453. The van der Waals surface area contributed by atoms with Gasteiger partial charge in [-0.3, -0.25) is 0 Å². The first-order chi connectivity index (χ1) is 4.54. The molecule has 1 aliphatic rings. The molecule has 1 saturated heterocycles. The monoisotopic (exact) mass is 440 g/mol. The molecule has 0 saturated carbocycles. The van der Waals surface area contributed by atoms with E-state index in [0.717, 1.165) is 28.1 Å². The summed E-state index contributed by atoms with van der Waals surface area (Å²) in [5.74, 6) is 0. The van der Waals surface area contributed by atoms with Gasteiger partial charge in [-0.1, -0.05) is 0 Å². The fourth-order valence-corrected chi connectivity index (χ4v) is 172. The summed E-state index contributed by atoms with van der Waals surface area (Å²) in [4.78, 5) is 0. The van der Waals surface area contributed by atoms with Crippen molar-refractivity contribution in [2.75, 3.05) is 12.3 Å². The topological polar surface area (TPSA) is 0 Å². The molecule has 60 valence electrons. The molecule has 0 aromatic carbocycles. The van der Waals surface area contributed by atoms with Crippen molar-refractivity contribution in [1.82, 2.24) is 0 Å². The van der Waals surface area contributed by atoms with Gasteiger partial charge in [-0.2, -0.15) is 0 Å². The molecule has 0 N–H and O–H groups in total. The minimum atomic E-state index is -0.344. The van der Waals surface area contributed by atoms with Crippen molar-refractivity contribution >= 4 is 65.9 Å². The third-order valence-corrected chi connectivity index (χ3v) is 87.7. The summed E-state index contributed by atoms with van der Waals surface area (Å²) < 4.78 is -0.687. The normalized spacial score (nSPS) is 46.8. The average Bonchev–Trinajstić information content (AvgIpc) is 1.85. The molecule has 0 unspecified atom stereocenters. The van der Waals surface area contributed by atoms with Gasteiger partial charge < -0.3 is 0 Å². The van der Waals surface area contributed by atoms with Crippen molar-refractivity contribution < 1.29 is 0 Å². The van der Waals surface area contributed by atoms with E-state index in [9.17, 15) is 0 Å². The number of hydrogen-bond acceptors (Lipinski definition) is 0. The maximum atomic E-state index is 3.50. The van der Waals surface area contributed by atoms with Gasteiger partial charge in [0, 0.05) is 0 Å². The molecule has 1 heterocycles. The average molecular weight is 436 g/mol. The van der Waals surface area contributed by atoms with E-state index in [4.69, 9.17) is 0 Å². The Kier molecular flexibility index (Phi) is 4.39. The Labute approximate surface area is 91.1 Å². The summed E-state index contributed by atoms with van der Waals surface area (Å²) in [6, 6.07) is 0. The zero-order valence-corrected chi connectivity index (χ0v) is 14.6. The Balaban J connectivity index is 2.42. The van der Waals surface area contributed by atoms with Crippen molar-refractivity contribution in [3.05, 3.63) is 0 Å². The van der Waals surface area contributed by atoms with Crippen molar-refractivity contribution in [1.29, 1.82) is 0 Å². The molecule has 0 radical (unpaired) electrons. The van der Waals surface area contributed by atoms with Crippen LogP contribution in [0.3, 0.4) is 0 Å². The van der Waals surface area contributed by atoms with E-state index in [-0.39, 0.29) is 6.66 Å². The molecule has 10 heavy (non-hydrogen) atoms. The first-order valence-electron chi connectivity index (χ1n) is 3.14. The summed E-state index contributed by atoms with van der Waals surface area (Å²) in [6.45, 7) is 4.74. The number of rotatable bonds is 2. The molecule has 0 amide bonds. The second-order valence-corrected chi connectivity index (χ2v) is 57.8. The van der Waals surface area contributed by atoms with Gasteiger partial charge in [0.1, 0.15) is 0 Å². The van der Waals surface area contributed by atoms with Gasteiger partial charge >= 0.3 is 92.1 Å². The van der Waals surface area contributed by atoms with Crippen LogP contribution in [-0.4, -0.2) is 71.6 Å². The van der Waals surface area contributed by atoms with E-state index in [2.05, 4.69) is 45.0 Å². The Morgan fingerprint density at radius 1 is 1.00 bits per heavy atom. The van der Waals surface area contributed by atoms with Gasteiger partial charge in [0.15, 0.2) is 0 Å². The standard InChI is InChI=1S/C4H10P2Se4/c1-3-5(7)9-6(8,4-2)10-5/h3-4H2,1-2H3. The van der Waals surface area contributed by atoms with Gasteiger partial charge in [-0.05, 0) is 0 Å². The second-order valence-electron chi connectivity index (χ2n) is 2.02. The molecule has 1 fully saturated rings. The van der Waals surface area contributed by atoms with Crippen LogP contribution in [0.5, 0.6) is 0 Å². The van der Waals surface area contributed by atoms with Gasteiger partial charge in [0.25, 0.3) is 0 Å². The molecular weight excluding hydrogens is 426 g/mol. The SMILES string of the molecule is CC[P+]1([Se-])[Se][P+]([Se-])(CC)[Se]1. The van der Waals surface area contributed by atoms with Crippen LogP contribution in [0.2, 0.25) is 0 Å². The molecule has 0 aromatic heterocycles. The Morgan fingerprint density at radius 3 is 1.50 bits per heavy atom. The van der Waals surface area contributed by atoms with Crippen molar-refractivity contribution in [3.8, 4) is 0 Å². The van der Waals surface area contributed by atoms with Crippen molar-refractivity contribution in [2.45, 2.75) is 13.8 Å². The second kappa shape index (κ2) is 3.98. The zero-order chi connectivity index (χ0) is 7.83. The van der Waals surface area contributed by atoms with Crippen LogP contribution < -0.4 is 0 Å². The molecule has 0 aromatic rings. The Bertz CT molecular complexity index is 119. The van der Waals surface area contributed by atoms with Crippen LogP contribution in [0.15, 0.2) is 0 Å². The molecular formula is C4H10P2Se4. The fourth-order valence-electron chi connectivity index (χ4n) is 0.616. The van der Waals surface area contributed by atoms with Crippen LogP contribution in [0.25, 0.3) is 0 Å². The molecule has 0 atom stereocenters. The third kappa shape index (κ3) is 2.46. The Hall–Kier alpha value is 2.94.